The number of hydrogen-bond donors (Lipinski definition) is 2. The van der Waals surface area contributed by atoms with E-state index >= 15 is 0 Å². The summed E-state index contributed by atoms with van der Waals surface area (Å²) in [4.78, 5) is 12.2. The van der Waals surface area contributed by atoms with E-state index < -0.39 is 0 Å². The highest BCUT2D eigenvalue weighted by Crippen LogP contribution is 2.82. The maximum absolute atomic E-state index is 12.1. The van der Waals surface area contributed by atoms with Crippen LogP contribution in [0.4, 0.5) is 0 Å². The van der Waals surface area contributed by atoms with E-state index in [2.05, 4.69) is 67.1 Å². The third kappa shape index (κ3) is 1.06. The Labute approximate surface area is 121 Å². The summed E-state index contributed by atoms with van der Waals surface area (Å²) in [6.07, 6.45) is 1.90. The largest absolute Gasteiger partial charge is 0.294 e. The zero-order valence-electron chi connectivity index (χ0n) is 9.19. The fourth-order valence-electron chi connectivity index (χ4n) is 3.83. The molecule has 16 heavy (non-hydrogen) atoms. The first-order chi connectivity index (χ1) is 7.29. The van der Waals surface area contributed by atoms with Crippen LogP contribution in [0.3, 0.4) is 0 Å². The minimum Gasteiger partial charge on any atom is -0.294 e. The smallest absolute Gasteiger partial charge is 0.241 e. The Morgan fingerprint density at radius 1 is 1.44 bits per heavy atom. The minimum atomic E-state index is -0.373. The highest BCUT2D eigenvalue weighted by Gasteiger charge is 2.83. The number of alkyl halides is 3. The van der Waals surface area contributed by atoms with Crippen LogP contribution in [0.5, 0.6) is 0 Å². The molecule has 3 atom stereocenters. The van der Waals surface area contributed by atoms with Crippen molar-refractivity contribution in [3.63, 3.8) is 0 Å². The van der Waals surface area contributed by atoms with Gasteiger partial charge in [0.15, 0.2) is 0 Å². The van der Waals surface area contributed by atoms with Crippen molar-refractivity contribution in [2.45, 2.75) is 35.3 Å². The third-order valence-electron chi connectivity index (χ3n) is 5.02. The molecule has 3 fully saturated rings. The topological polar surface area (TPSA) is 55.1 Å². The van der Waals surface area contributed by atoms with Gasteiger partial charge in [-0.15, -0.1) is 0 Å². The van der Waals surface area contributed by atoms with Crippen molar-refractivity contribution in [2.24, 2.45) is 22.1 Å². The monoisotopic (exact) mass is 416 g/mol. The Morgan fingerprint density at radius 2 is 2.00 bits per heavy atom. The molecule has 0 heterocycles. The van der Waals surface area contributed by atoms with Crippen molar-refractivity contribution in [2.75, 3.05) is 0 Å². The summed E-state index contributed by atoms with van der Waals surface area (Å²) >= 11 is 11.0. The minimum absolute atomic E-state index is 0.0480. The summed E-state index contributed by atoms with van der Waals surface area (Å²) in [5, 5.41) is 0. The Kier molecular flexibility index (Phi) is 3.06. The second-order valence-corrected chi connectivity index (χ2v) is 9.25. The number of nitrogens with one attached hydrogen (secondary N) is 1. The molecule has 0 aromatic carbocycles. The van der Waals surface area contributed by atoms with Gasteiger partial charge in [0.05, 0.1) is 9.15 Å². The predicted molar refractivity (Wildman–Crippen MR) is 74.6 cm³/mol. The summed E-state index contributed by atoms with van der Waals surface area (Å²) in [7, 11) is 0. The first kappa shape index (κ1) is 13.3. The van der Waals surface area contributed by atoms with Gasteiger partial charge in [0, 0.05) is 10.2 Å². The molecular formula is C10H15Br3N2O. The average Bonchev–Trinajstić information content (AvgIpc) is 2.66. The van der Waals surface area contributed by atoms with E-state index in [1.54, 1.807) is 0 Å². The second-order valence-electron chi connectivity index (χ2n) is 5.27. The normalized spacial score (nSPS) is 44.3. The molecule has 6 heteroatoms. The standard InChI is InChI=1S/C10H15Br3N2O/c1-8(2)9(6(12)13)3-4-10(8,5(9)11)7(16)15-14/h5-6H,3-4,14H2,1-2H3,(H,15,16)/t5-,9+,10+/m1/s1. The van der Waals surface area contributed by atoms with E-state index in [4.69, 9.17) is 5.84 Å². The van der Waals surface area contributed by atoms with Gasteiger partial charge in [-0.1, -0.05) is 61.6 Å². The van der Waals surface area contributed by atoms with Gasteiger partial charge >= 0.3 is 0 Å². The van der Waals surface area contributed by atoms with Crippen LogP contribution in [0.2, 0.25) is 0 Å². The van der Waals surface area contributed by atoms with E-state index in [-0.39, 0.29) is 30.7 Å². The number of carbonyl (C=O) groups is 1. The maximum Gasteiger partial charge on any atom is 0.241 e. The highest BCUT2D eigenvalue weighted by atomic mass is 79.9. The molecule has 3 N–H and O–H groups in total. The Balaban J connectivity index is 2.46. The number of amides is 1. The molecular weight excluding hydrogens is 404 g/mol. The van der Waals surface area contributed by atoms with E-state index in [1.807, 2.05) is 0 Å². The van der Waals surface area contributed by atoms with Gasteiger partial charge in [0.2, 0.25) is 5.91 Å². The molecule has 3 rings (SSSR count). The number of fused-ring (bicyclic) bond motifs is 1. The molecule has 0 aliphatic heterocycles. The molecule has 3 aliphatic rings. The number of hydrogen-bond acceptors (Lipinski definition) is 2. The number of rotatable bonds is 2. The summed E-state index contributed by atoms with van der Waals surface area (Å²) < 4.78 is 0.202. The lowest BCUT2D eigenvalue weighted by Crippen LogP contribution is -2.72. The number of hydrazine groups is 1. The van der Waals surface area contributed by atoms with Gasteiger partial charge in [-0.3, -0.25) is 10.2 Å². The molecule has 0 radical (unpaired) electrons. The molecule has 3 aliphatic carbocycles. The molecule has 0 spiro atoms. The molecule has 0 aromatic heterocycles. The second kappa shape index (κ2) is 3.68. The van der Waals surface area contributed by atoms with Gasteiger partial charge < -0.3 is 0 Å². The first-order valence-electron chi connectivity index (χ1n) is 5.22. The molecule has 92 valence electrons. The highest BCUT2D eigenvalue weighted by molar-refractivity contribution is 9.24. The number of nitrogens with two attached hydrogens (primary N) is 1. The molecule has 3 saturated carbocycles. The van der Waals surface area contributed by atoms with Gasteiger partial charge in [-0.2, -0.15) is 0 Å². The SMILES string of the molecule is CC1(C)[C@@]2(C(=O)NN)CC[C@@]1(C(Br)Br)[C@H]2Br. The Bertz CT molecular complexity index is 347. The van der Waals surface area contributed by atoms with Crippen LogP contribution in [0.25, 0.3) is 0 Å². The Hall–Kier alpha value is 0.870. The van der Waals surface area contributed by atoms with Crippen LogP contribution in [-0.4, -0.2) is 14.5 Å². The summed E-state index contributed by atoms with van der Waals surface area (Å²) in [5.74, 6) is 5.27. The fraction of sp³-hybridized carbons (Fsp3) is 0.900. The number of carbonyl (C=O) groups excluding carboxylic acids is 1. The van der Waals surface area contributed by atoms with Crippen LogP contribution < -0.4 is 11.3 Å². The van der Waals surface area contributed by atoms with E-state index in [0.717, 1.165) is 12.8 Å². The number of halogens is 3. The van der Waals surface area contributed by atoms with Gasteiger partial charge in [-0.25, -0.2) is 5.84 Å². The van der Waals surface area contributed by atoms with E-state index in [0.29, 0.717) is 0 Å². The van der Waals surface area contributed by atoms with Crippen molar-refractivity contribution >= 4 is 53.7 Å². The maximum atomic E-state index is 12.1. The predicted octanol–water partition coefficient (Wildman–Crippen LogP) is 2.66. The lowest BCUT2D eigenvalue weighted by Gasteiger charge is -2.65. The van der Waals surface area contributed by atoms with Crippen LogP contribution in [-0.2, 0) is 4.79 Å². The Morgan fingerprint density at radius 3 is 2.31 bits per heavy atom. The molecule has 2 bridgehead atoms. The van der Waals surface area contributed by atoms with Crippen molar-refractivity contribution in [1.82, 2.24) is 5.43 Å². The molecule has 1 amide bonds. The fourth-order valence-corrected chi connectivity index (χ4v) is 8.74. The van der Waals surface area contributed by atoms with Gasteiger partial charge in [0.1, 0.15) is 0 Å². The zero-order chi connectivity index (χ0) is 12.4. The zero-order valence-corrected chi connectivity index (χ0v) is 13.9. The third-order valence-corrected chi connectivity index (χ3v) is 8.26. The molecule has 3 nitrogen and oxygen atoms in total. The lowest BCUT2D eigenvalue weighted by atomic mass is 9.43. The molecule has 0 saturated heterocycles. The quantitative estimate of drug-likeness (QED) is 0.313. The van der Waals surface area contributed by atoms with Gasteiger partial charge in [-0.05, 0) is 18.3 Å². The van der Waals surface area contributed by atoms with Crippen molar-refractivity contribution in [3.8, 4) is 0 Å². The molecule has 0 aromatic rings. The van der Waals surface area contributed by atoms with Crippen LogP contribution in [0, 0.1) is 16.2 Å². The van der Waals surface area contributed by atoms with Crippen molar-refractivity contribution < 1.29 is 4.79 Å². The van der Waals surface area contributed by atoms with Crippen molar-refractivity contribution in [1.29, 1.82) is 0 Å². The van der Waals surface area contributed by atoms with Crippen LogP contribution >= 0.6 is 47.8 Å². The summed E-state index contributed by atoms with van der Waals surface area (Å²) in [6.45, 7) is 4.31. The van der Waals surface area contributed by atoms with Crippen molar-refractivity contribution in [3.05, 3.63) is 0 Å². The average molecular weight is 419 g/mol. The van der Waals surface area contributed by atoms with Gasteiger partial charge in [0.25, 0.3) is 0 Å². The molecule has 0 unspecified atom stereocenters. The van der Waals surface area contributed by atoms with Crippen LogP contribution in [0.1, 0.15) is 26.7 Å². The first-order valence-corrected chi connectivity index (χ1v) is 7.97. The van der Waals surface area contributed by atoms with Crippen LogP contribution in [0.15, 0.2) is 0 Å². The van der Waals surface area contributed by atoms with E-state index in [9.17, 15) is 4.79 Å². The summed E-state index contributed by atoms with van der Waals surface area (Å²) in [6, 6.07) is 0. The summed E-state index contributed by atoms with van der Waals surface area (Å²) in [5.41, 5.74) is 1.95. The lowest BCUT2D eigenvalue weighted by molar-refractivity contribution is -0.161. The van der Waals surface area contributed by atoms with E-state index in [1.165, 1.54) is 0 Å².